The van der Waals surface area contributed by atoms with Gasteiger partial charge in [0.1, 0.15) is 17.5 Å². The molecule has 1 saturated carbocycles. The Bertz CT molecular complexity index is 1550. The van der Waals surface area contributed by atoms with Gasteiger partial charge in [0.15, 0.2) is 5.82 Å². The molecule has 6 rings (SSSR count). The number of hydrogen-bond acceptors (Lipinski definition) is 7. The average molecular weight is 577 g/mol. The van der Waals surface area contributed by atoms with Crippen molar-refractivity contribution in [3.8, 4) is 11.4 Å². The van der Waals surface area contributed by atoms with Crippen LogP contribution in [-0.2, 0) is 6.42 Å². The topological polar surface area (TPSA) is 87.7 Å². The molecule has 0 amide bonds. The molecule has 2 aliphatic rings. The van der Waals surface area contributed by atoms with Crippen LogP contribution in [0.5, 0.6) is 0 Å². The molecule has 3 aromatic heterocycles. The summed E-state index contributed by atoms with van der Waals surface area (Å²) >= 11 is 12.4. The molecule has 1 aromatic carbocycles. The highest BCUT2D eigenvalue weighted by atomic mass is 35.5. The van der Waals surface area contributed by atoms with E-state index in [-0.39, 0.29) is 5.41 Å². The molecule has 0 radical (unpaired) electrons. The standard InChI is InChI=1S/C31H35Cl2N7/c1-4-18-12-22(19-6-5-7-19)27-24(13-18)37-28(40-30(27)38-25-9-10-34-17-31(25,2)3)20-8-11-35-26(14-20)39-29-23(33)15-21(32)16-36-29/h8,11-16,19,25,34H,4-7,9-10,17H2,1-3H3,(H,35,36,39)(H,37,38,40). The van der Waals surface area contributed by atoms with Crippen LogP contribution in [0.1, 0.15) is 63.5 Å². The maximum atomic E-state index is 6.35. The summed E-state index contributed by atoms with van der Waals surface area (Å²) in [5.41, 5.74) is 4.65. The Morgan fingerprint density at radius 3 is 2.60 bits per heavy atom. The zero-order valence-electron chi connectivity index (χ0n) is 23.2. The second-order valence-electron chi connectivity index (χ2n) is 11.6. The number of piperidine rings is 1. The highest BCUT2D eigenvalue weighted by molar-refractivity contribution is 6.36. The first-order chi connectivity index (χ1) is 19.3. The summed E-state index contributed by atoms with van der Waals surface area (Å²) in [4.78, 5) is 19.1. The van der Waals surface area contributed by atoms with Crippen molar-refractivity contribution < 1.29 is 0 Å². The highest BCUT2D eigenvalue weighted by Gasteiger charge is 2.33. The van der Waals surface area contributed by atoms with Gasteiger partial charge in [-0.05, 0) is 79.0 Å². The monoisotopic (exact) mass is 575 g/mol. The lowest BCUT2D eigenvalue weighted by atomic mass is 9.77. The summed E-state index contributed by atoms with van der Waals surface area (Å²) < 4.78 is 0. The summed E-state index contributed by atoms with van der Waals surface area (Å²) in [6.07, 6.45) is 9.05. The molecule has 4 aromatic rings. The van der Waals surface area contributed by atoms with Crippen LogP contribution in [-0.4, -0.2) is 39.1 Å². The SMILES string of the molecule is CCc1cc(C2CCC2)c2c(NC3CCNCC3(C)C)nc(-c3ccnc(Nc4ncc(Cl)cc4Cl)c3)nc2c1. The number of fused-ring (bicyclic) bond motifs is 1. The molecule has 1 aliphatic carbocycles. The fourth-order valence-corrected chi connectivity index (χ4v) is 6.13. The Morgan fingerprint density at radius 2 is 1.88 bits per heavy atom. The second-order valence-corrected chi connectivity index (χ2v) is 12.5. The van der Waals surface area contributed by atoms with Crippen LogP contribution < -0.4 is 16.0 Å². The molecule has 1 atom stereocenters. The molecular weight excluding hydrogens is 541 g/mol. The lowest BCUT2D eigenvalue weighted by Gasteiger charge is -2.40. The van der Waals surface area contributed by atoms with Crippen molar-refractivity contribution in [1.82, 2.24) is 25.3 Å². The number of hydrogen-bond donors (Lipinski definition) is 3. The normalized spacial score (nSPS) is 18.9. The van der Waals surface area contributed by atoms with E-state index in [0.29, 0.717) is 39.5 Å². The molecule has 1 unspecified atom stereocenters. The molecule has 2 fully saturated rings. The fraction of sp³-hybridized carbons (Fsp3) is 0.419. The van der Waals surface area contributed by atoms with Gasteiger partial charge < -0.3 is 16.0 Å². The van der Waals surface area contributed by atoms with Gasteiger partial charge in [0.2, 0.25) is 0 Å². The minimum atomic E-state index is 0.0916. The first-order valence-corrected chi connectivity index (χ1v) is 14.9. The number of anilines is 3. The van der Waals surface area contributed by atoms with Crippen molar-refractivity contribution in [3.63, 3.8) is 0 Å². The third-order valence-corrected chi connectivity index (χ3v) is 8.85. The minimum Gasteiger partial charge on any atom is -0.366 e. The van der Waals surface area contributed by atoms with Crippen molar-refractivity contribution in [2.75, 3.05) is 23.7 Å². The molecule has 7 nitrogen and oxygen atoms in total. The van der Waals surface area contributed by atoms with Crippen molar-refractivity contribution in [1.29, 1.82) is 0 Å². The predicted octanol–water partition coefficient (Wildman–Crippen LogP) is 7.77. The molecule has 40 heavy (non-hydrogen) atoms. The van der Waals surface area contributed by atoms with Gasteiger partial charge >= 0.3 is 0 Å². The number of halogens is 2. The quantitative estimate of drug-likeness (QED) is 0.207. The van der Waals surface area contributed by atoms with E-state index < -0.39 is 0 Å². The molecule has 1 saturated heterocycles. The number of aryl methyl sites for hydroxylation is 1. The van der Waals surface area contributed by atoms with E-state index in [1.165, 1.54) is 35.8 Å². The lowest BCUT2D eigenvalue weighted by molar-refractivity contribution is 0.236. The minimum absolute atomic E-state index is 0.0916. The van der Waals surface area contributed by atoms with Crippen molar-refractivity contribution in [2.45, 2.75) is 64.8 Å². The van der Waals surface area contributed by atoms with Crippen molar-refractivity contribution >= 4 is 51.6 Å². The Kier molecular flexibility index (Phi) is 7.55. The van der Waals surface area contributed by atoms with E-state index in [1.54, 1.807) is 18.5 Å². The van der Waals surface area contributed by atoms with E-state index in [9.17, 15) is 0 Å². The van der Waals surface area contributed by atoms with Gasteiger partial charge in [-0.15, -0.1) is 0 Å². The van der Waals surface area contributed by atoms with E-state index >= 15 is 0 Å². The van der Waals surface area contributed by atoms with Gasteiger partial charge in [-0.25, -0.2) is 19.9 Å². The summed E-state index contributed by atoms with van der Waals surface area (Å²) in [5.74, 6) is 3.25. The van der Waals surface area contributed by atoms with E-state index in [2.05, 4.69) is 58.8 Å². The Hall–Kier alpha value is -3.00. The van der Waals surface area contributed by atoms with E-state index in [4.69, 9.17) is 33.2 Å². The average Bonchev–Trinajstić information content (AvgIpc) is 2.90. The first kappa shape index (κ1) is 27.2. The van der Waals surface area contributed by atoms with Crippen molar-refractivity contribution in [3.05, 3.63) is 63.9 Å². The number of nitrogens with one attached hydrogen (secondary N) is 3. The Labute approximate surface area is 245 Å². The molecular formula is C31H35Cl2N7. The molecule has 3 N–H and O–H groups in total. The molecule has 0 spiro atoms. The third-order valence-electron chi connectivity index (χ3n) is 8.36. The lowest BCUT2D eigenvalue weighted by Crippen LogP contribution is -2.49. The highest BCUT2D eigenvalue weighted by Crippen LogP contribution is 2.43. The zero-order chi connectivity index (χ0) is 27.9. The van der Waals surface area contributed by atoms with Crippen LogP contribution in [0.3, 0.4) is 0 Å². The largest absolute Gasteiger partial charge is 0.366 e. The summed E-state index contributed by atoms with van der Waals surface area (Å²) in [6, 6.07) is 10.5. The van der Waals surface area contributed by atoms with Crippen molar-refractivity contribution in [2.24, 2.45) is 5.41 Å². The predicted molar refractivity (Wildman–Crippen MR) is 165 cm³/mol. The second kappa shape index (κ2) is 11.1. The molecule has 4 heterocycles. The Balaban J connectivity index is 1.46. The first-order valence-electron chi connectivity index (χ1n) is 14.2. The summed E-state index contributed by atoms with van der Waals surface area (Å²) in [5, 5.41) is 12.7. The number of rotatable bonds is 7. The van der Waals surface area contributed by atoms with Gasteiger partial charge in [-0.2, -0.15) is 0 Å². The summed E-state index contributed by atoms with van der Waals surface area (Å²) in [6.45, 7) is 8.81. The zero-order valence-corrected chi connectivity index (χ0v) is 24.7. The van der Waals surface area contributed by atoms with Crippen LogP contribution >= 0.6 is 23.2 Å². The maximum absolute atomic E-state index is 6.35. The van der Waals surface area contributed by atoms with Gasteiger partial charge in [0, 0.05) is 35.9 Å². The van der Waals surface area contributed by atoms with Crippen LogP contribution in [0.25, 0.3) is 22.3 Å². The van der Waals surface area contributed by atoms with Crippen LogP contribution in [0.4, 0.5) is 17.5 Å². The molecule has 0 bridgehead atoms. The molecule has 9 heteroatoms. The smallest absolute Gasteiger partial charge is 0.162 e. The number of nitrogens with zero attached hydrogens (tertiary/aromatic N) is 4. The van der Waals surface area contributed by atoms with Gasteiger partial charge in [-0.1, -0.05) is 56.5 Å². The molecule has 208 valence electrons. The summed E-state index contributed by atoms with van der Waals surface area (Å²) in [7, 11) is 0. The van der Waals surface area contributed by atoms with Gasteiger partial charge in [-0.3, -0.25) is 0 Å². The van der Waals surface area contributed by atoms with Crippen LogP contribution in [0.15, 0.2) is 42.7 Å². The van der Waals surface area contributed by atoms with Crippen LogP contribution in [0.2, 0.25) is 10.0 Å². The van der Waals surface area contributed by atoms with Crippen LogP contribution in [0, 0.1) is 5.41 Å². The van der Waals surface area contributed by atoms with E-state index in [0.717, 1.165) is 42.8 Å². The van der Waals surface area contributed by atoms with Gasteiger partial charge in [0.25, 0.3) is 0 Å². The maximum Gasteiger partial charge on any atom is 0.162 e. The third kappa shape index (κ3) is 5.47. The van der Waals surface area contributed by atoms with Gasteiger partial charge in [0.05, 0.1) is 15.6 Å². The number of benzene rings is 1. The molecule has 1 aliphatic heterocycles. The fourth-order valence-electron chi connectivity index (χ4n) is 5.70. The van der Waals surface area contributed by atoms with E-state index in [1.807, 2.05) is 12.1 Å². The number of aromatic nitrogens is 4. The Morgan fingerprint density at radius 1 is 1.02 bits per heavy atom. The number of pyridine rings is 2.